The molecule has 0 aliphatic heterocycles. The van der Waals surface area contributed by atoms with Gasteiger partial charge in [0.15, 0.2) is 9.84 Å². The molecule has 0 saturated carbocycles. The van der Waals surface area contributed by atoms with E-state index in [2.05, 4.69) is 0 Å². The van der Waals surface area contributed by atoms with Crippen LogP contribution in [0.2, 0.25) is 10.0 Å². The average molecular weight is 375 g/mol. The highest BCUT2D eigenvalue weighted by Gasteiger charge is 2.18. The molecule has 0 heterocycles. The summed E-state index contributed by atoms with van der Waals surface area (Å²) in [7, 11) is -0.483. The molecule has 0 bridgehead atoms. The van der Waals surface area contributed by atoms with Gasteiger partial charge in [-0.1, -0.05) is 35.3 Å². The van der Waals surface area contributed by atoms with Crippen molar-refractivity contribution in [3.63, 3.8) is 0 Å². The highest BCUT2D eigenvalue weighted by Crippen LogP contribution is 2.33. The lowest BCUT2D eigenvalue weighted by Gasteiger charge is -2.10. The molecule has 0 radical (unpaired) electrons. The first kappa shape index (κ1) is 18.1. The van der Waals surface area contributed by atoms with E-state index in [-0.39, 0.29) is 22.3 Å². The van der Waals surface area contributed by atoms with E-state index in [0.717, 1.165) is 11.1 Å². The summed E-state index contributed by atoms with van der Waals surface area (Å²) in [5.41, 5.74) is 1.59. The van der Waals surface area contributed by atoms with Gasteiger partial charge < -0.3 is 9.47 Å². The summed E-state index contributed by atoms with van der Waals surface area (Å²) in [5.74, 6) is 0.456. The first-order valence-electron chi connectivity index (χ1n) is 6.74. The van der Waals surface area contributed by atoms with E-state index in [9.17, 15) is 8.42 Å². The summed E-state index contributed by atoms with van der Waals surface area (Å²) in [6.07, 6.45) is 0. The third-order valence-corrected chi connectivity index (χ3v) is 5.76. The van der Waals surface area contributed by atoms with Crippen molar-refractivity contribution in [3.8, 4) is 16.9 Å². The van der Waals surface area contributed by atoms with Crippen LogP contribution in [0.4, 0.5) is 0 Å². The highest BCUT2D eigenvalue weighted by atomic mass is 35.5. The zero-order chi connectivity index (χ0) is 17.0. The number of sulfone groups is 1. The lowest BCUT2D eigenvalue weighted by atomic mass is 10.1. The van der Waals surface area contributed by atoms with Gasteiger partial charge in [0.2, 0.25) is 0 Å². The minimum atomic E-state index is -3.47. The van der Waals surface area contributed by atoms with Gasteiger partial charge in [-0.2, -0.15) is 0 Å². The lowest BCUT2D eigenvalue weighted by molar-refractivity contribution is 0.217. The molecule has 4 nitrogen and oxygen atoms in total. The Kier molecular flexibility index (Phi) is 5.92. The van der Waals surface area contributed by atoms with Gasteiger partial charge in [-0.3, -0.25) is 0 Å². The number of benzene rings is 2. The number of ether oxygens (including phenoxy) is 2. The van der Waals surface area contributed by atoms with Gasteiger partial charge in [0.25, 0.3) is 0 Å². The fourth-order valence-corrected chi connectivity index (χ4v) is 4.11. The Morgan fingerprint density at radius 2 is 1.57 bits per heavy atom. The zero-order valence-corrected chi connectivity index (χ0v) is 15.0. The Labute approximate surface area is 145 Å². The van der Waals surface area contributed by atoms with Crippen LogP contribution in [0.25, 0.3) is 11.1 Å². The number of hydrogen-bond donors (Lipinski definition) is 0. The molecule has 2 aromatic rings. The second-order valence-corrected chi connectivity index (χ2v) is 7.70. The molecule has 0 saturated heterocycles. The maximum atomic E-state index is 12.2. The van der Waals surface area contributed by atoms with Gasteiger partial charge in [0.05, 0.1) is 34.4 Å². The van der Waals surface area contributed by atoms with E-state index in [1.165, 1.54) is 20.3 Å². The fraction of sp³-hybridized carbons (Fsp3) is 0.250. The number of rotatable bonds is 6. The highest BCUT2D eigenvalue weighted by molar-refractivity contribution is 7.91. The molecule has 2 rings (SSSR count). The molecule has 2 aromatic carbocycles. The second kappa shape index (κ2) is 7.53. The first-order chi connectivity index (χ1) is 10.9. The molecule has 0 amide bonds. The van der Waals surface area contributed by atoms with Crippen LogP contribution in [0.5, 0.6) is 5.75 Å². The molecule has 124 valence electrons. The summed E-state index contributed by atoms with van der Waals surface area (Å²) in [6, 6.07) is 10.1. The molecular weight excluding hydrogens is 359 g/mol. The van der Waals surface area contributed by atoms with Crippen molar-refractivity contribution in [2.45, 2.75) is 4.90 Å². The monoisotopic (exact) mass is 374 g/mol. The molecule has 0 unspecified atom stereocenters. The normalized spacial score (nSPS) is 11.5. The van der Waals surface area contributed by atoms with Crippen molar-refractivity contribution in [1.82, 2.24) is 0 Å². The number of methoxy groups -OCH3 is 2. The van der Waals surface area contributed by atoms with E-state index in [4.69, 9.17) is 32.7 Å². The summed E-state index contributed by atoms with van der Waals surface area (Å²) >= 11 is 12.3. The Bertz CT molecular complexity index is 804. The smallest absolute Gasteiger partial charge is 0.182 e. The summed E-state index contributed by atoms with van der Waals surface area (Å²) < 4.78 is 34.3. The number of hydrogen-bond acceptors (Lipinski definition) is 4. The SMILES string of the molecule is COCCS(=O)(=O)c1ccc(-c2ccc(OC)c(Cl)c2)cc1Cl. The molecule has 0 aliphatic carbocycles. The van der Waals surface area contributed by atoms with Crippen LogP contribution in [0, 0.1) is 0 Å². The maximum absolute atomic E-state index is 12.2. The van der Waals surface area contributed by atoms with Crippen LogP contribution in [0.3, 0.4) is 0 Å². The van der Waals surface area contributed by atoms with E-state index in [0.29, 0.717) is 10.8 Å². The first-order valence-corrected chi connectivity index (χ1v) is 9.15. The summed E-state index contributed by atoms with van der Waals surface area (Å²) in [5, 5.41) is 0.642. The van der Waals surface area contributed by atoms with Gasteiger partial charge in [0.1, 0.15) is 5.75 Å². The van der Waals surface area contributed by atoms with Crippen molar-refractivity contribution in [3.05, 3.63) is 46.4 Å². The van der Waals surface area contributed by atoms with Crippen LogP contribution in [-0.2, 0) is 14.6 Å². The van der Waals surface area contributed by atoms with Gasteiger partial charge in [-0.05, 0) is 35.4 Å². The molecule has 0 atom stereocenters. The Morgan fingerprint density at radius 1 is 0.957 bits per heavy atom. The standard InChI is InChI=1S/C16H16Cl2O4S/c1-21-7-8-23(19,20)16-6-4-12(10-14(16)18)11-3-5-15(22-2)13(17)9-11/h3-6,9-10H,7-8H2,1-2H3. The Morgan fingerprint density at radius 3 is 2.09 bits per heavy atom. The quantitative estimate of drug-likeness (QED) is 0.763. The Balaban J connectivity index is 2.38. The van der Waals surface area contributed by atoms with Gasteiger partial charge in [-0.25, -0.2) is 8.42 Å². The minimum Gasteiger partial charge on any atom is -0.495 e. The van der Waals surface area contributed by atoms with Gasteiger partial charge in [0, 0.05) is 7.11 Å². The van der Waals surface area contributed by atoms with E-state index < -0.39 is 9.84 Å². The molecule has 0 aromatic heterocycles. The largest absolute Gasteiger partial charge is 0.495 e. The van der Waals surface area contributed by atoms with Crippen LogP contribution in [0.1, 0.15) is 0 Å². The lowest BCUT2D eigenvalue weighted by Crippen LogP contribution is -2.12. The van der Waals surface area contributed by atoms with Crippen molar-refractivity contribution >= 4 is 33.0 Å². The van der Waals surface area contributed by atoms with Crippen LogP contribution in [-0.4, -0.2) is 35.0 Å². The molecule has 0 aliphatic rings. The molecule has 0 N–H and O–H groups in total. The summed E-state index contributed by atoms with van der Waals surface area (Å²) in [4.78, 5) is 0.0968. The Hall–Kier alpha value is -1.27. The van der Waals surface area contributed by atoms with Crippen molar-refractivity contribution < 1.29 is 17.9 Å². The van der Waals surface area contributed by atoms with E-state index in [1.807, 2.05) is 6.07 Å². The van der Waals surface area contributed by atoms with Crippen molar-refractivity contribution in [2.75, 3.05) is 26.6 Å². The van der Waals surface area contributed by atoms with Crippen molar-refractivity contribution in [2.24, 2.45) is 0 Å². The fourth-order valence-electron chi connectivity index (χ4n) is 2.08. The maximum Gasteiger partial charge on any atom is 0.182 e. The summed E-state index contributed by atoms with van der Waals surface area (Å²) in [6.45, 7) is 0.120. The second-order valence-electron chi connectivity index (χ2n) is 4.81. The van der Waals surface area contributed by atoms with Crippen LogP contribution >= 0.6 is 23.2 Å². The minimum absolute atomic E-state index is 0.0968. The molecule has 0 spiro atoms. The predicted molar refractivity (Wildman–Crippen MR) is 92.4 cm³/mol. The van der Waals surface area contributed by atoms with Crippen LogP contribution in [0.15, 0.2) is 41.3 Å². The van der Waals surface area contributed by atoms with Crippen molar-refractivity contribution in [1.29, 1.82) is 0 Å². The van der Waals surface area contributed by atoms with E-state index in [1.54, 1.807) is 24.3 Å². The molecule has 23 heavy (non-hydrogen) atoms. The topological polar surface area (TPSA) is 52.6 Å². The van der Waals surface area contributed by atoms with Gasteiger partial charge in [-0.15, -0.1) is 0 Å². The molecular formula is C16H16Cl2O4S. The number of halogens is 2. The average Bonchev–Trinajstić information content (AvgIpc) is 2.52. The van der Waals surface area contributed by atoms with Gasteiger partial charge >= 0.3 is 0 Å². The van der Waals surface area contributed by atoms with E-state index >= 15 is 0 Å². The predicted octanol–water partition coefficient (Wildman–Crippen LogP) is 4.09. The molecule has 7 heteroatoms. The van der Waals surface area contributed by atoms with Crippen LogP contribution < -0.4 is 4.74 Å². The molecule has 0 fully saturated rings. The zero-order valence-electron chi connectivity index (χ0n) is 12.7. The third kappa shape index (κ3) is 4.18. The third-order valence-electron chi connectivity index (χ3n) is 3.31.